The van der Waals surface area contributed by atoms with Crippen LogP contribution in [0.5, 0.6) is 0 Å². The van der Waals surface area contributed by atoms with Gasteiger partial charge in [-0.2, -0.15) is 0 Å². The van der Waals surface area contributed by atoms with Crippen molar-refractivity contribution in [1.82, 2.24) is 0 Å². The molecule has 2 aromatic rings. The van der Waals surface area contributed by atoms with E-state index in [1.807, 2.05) is 102 Å². The monoisotopic (exact) mass is 326 g/mol. The molecule has 0 spiro atoms. The fourth-order valence-corrected chi connectivity index (χ4v) is 1.91. The highest BCUT2D eigenvalue weighted by Crippen LogP contribution is 2.24. The van der Waals surface area contributed by atoms with E-state index in [9.17, 15) is 4.79 Å². The van der Waals surface area contributed by atoms with Crippen LogP contribution in [0.1, 0.15) is 52.7 Å². The molecule has 0 bridgehead atoms. The van der Waals surface area contributed by atoms with Crippen LogP contribution in [0.4, 0.5) is 0 Å². The second kappa shape index (κ2) is 12.1. The van der Waals surface area contributed by atoms with E-state index in [-0.39, 0.29) is 5.97 Å². The number of carbonyl (C=O) groups excluding carboxylic acids is 1. The van der Waals surface area contributed by atoms with Crippen molar-refractivity contribution in [2.45, 2.75) is 47.1 Å². The average molecular weight is 326 g/mol. The van der Waals surface area contributed by atoms with Gasteiger partial charge in [0.15, 0.2) is 0 Å². The number of hydrogen-bond acceptors (Lipinski definition) is 2. The van der Waals surface area contributed by atoms with Gasteiger partial charge in [-0.05, 0) is 31.1 Å². The van der Waals surface area contributed by atoms with Crippen LogP contribution in [0.3, 0.4) is 0 Å². The first-order valence-electron chi connectivity index (χ1n) is 8.59. The summed E-state index contributed by atoms with van der Waals surface area (Å²) in [4.78, 5) is 11.9. The Balaban J connectivity index is 0.00000123. The maximum atomic E-state index is 11.9. The largest absolute Gasteiger partial charge is 0.452 e. The van der Waals surface area contributed by atoms with E-state index in [1.54, 1.807) is 6.08 Å². The Kier molecular flexibility index (Phi) is 10.9. The SMILES string of the molecule is CC.CC.CC(C)(OC(=O)/C=C/c1ccccc1)c1ccccc1. The minimum Gasteiger partial charge on any atom is -0.452 e. The molecule has 0 aliphatic rings. The summed E-state index contributed by atoms with van der Waals surface area (Å²) in [6.45, 7) is 11.8. The molecule has 0 atom stereocenters. The number of hydrogen-bond donors (Lipinski definition) is 0. The summed E-state index contributed by atoms with van der Waals surface area (Å²) in [5, 5.41) is 0. The molecule has 24 heavy (non-hydrogen) atoms. The third kappa shape index (κ3) is 7.77. The number of carbonyl (C=O) groups is 1. The Hall–Kier alpha value is -2.35. The van der Waals surface area contributed by atoms with Crippen molar-refractivity contribution in [3.05, 3.63) is 77.9 Å². The minimum atomic E-state index is -0.640. The maximum absolute atomic E-state index is 11.9. The molecule has 2 heteroatoms. The van der Waals surface area contributed by atoms with Gasteiger partial charge in [0.1, 0.15) is 5.60 Å². The summed E-state index contributed by atoms with van der Waals surface area (Å²) in [7, 11) is 0. The molecule has 0 saturated heterocycles. The summed E-state index contributed by atoms with van der Waals surface area (Å²) >= 11 is 0. The molecule has 2 rings (SSSR count). The van der Waals surface area contributed by atoms with Crippen LogP contribution in [0.25, 0.3) is 6.08 Å². The molecular weight excluding hydrogens is 296 g/mol. The smallest absolute Gasteiger partial charge is 0.331 e. The Morgan fingerprint density at radius 2 is 1.29 bits per heavy atom. The molecule has 0 aromatic heterocycles. The number of ether oxygens (including phenoxy) is 1. The van der Waals surface area contributed by atoms with Gasteiger partial charge in [-0.1, -0.05) is 88.4 Å². The molecule has 0 N–H and O–H groups in total. The van der Waals surface area contributed by atoms with Crippen LogP contribution in [0, 0.1) is 0 Å². The van der Waals surface area contributed by atoms with E-state index in [0.717, 1.165) is 11.1 Å². The lowest BCUT2D eigenvalue weighted by atomic mass is 9.98. The Labute approximate surface area is 147 Å². The Bertz CT molecular complexity index is 584. The third-order valence-corrected chi connectivity index (χ3v) is 3.04. The Morgan fingerprint density at radius 1 is 0.833 bits per heavy atom. The van der Waals surface area contributed by atoms with Crippen molar-refractivity contribution in [1.29, 1.82) is 0 Å². The van der Waals surface area contributed by atoms with Crippen LogP contribution in [-0.4, -0.2) is 5.97 Å². The molecular formula is C22H30O2. The molecule has 0 heterocycles. The number of benzene rings is 2. The highest BCUT2D eigenvalue weighted by Gasteiger charge is 2.23. The van der Waals surface area contributed by atoms with Crippen molar-refractivity contribution in [2.75, 3.05) is 0 Å². The lowest BCUT2D eigenvalue weighted by Gasteiger charge is -2.24. The molecule has 0 aliphatic carbocycles. The zero-order valence-electron chi connectivity index (χ0n) is 15.7. The number of rotatable bonds is 4. The Morgan fingerprint density at radius 3 is 1.79 bits per heavy atom. The van der Waals surface area contributed by atoms with Gasteiger partial charge in [0.05, 0.1) is 0 Å². The van der Waals surface area contributed by atoms with Gasteiger partial charge >= 0.3 is 5.97 Å². The van der Waals surface area contributed by atoms with Crippen molar-refractivity contribution < 1.29 is 9.53 Å². The fraction of sp³-hybridized carbons (Fsp3) is 0.318. The van der Waals surface area contributed by atoms with Crippen LogP contribution in [0.15, 0.2) is 66.7 Å². The average Bonchev–Trinajstić information content (AvgIpc) is 2.65. The van der Waals surface area contributed by atoms with Crippen LogP contribution < -0.4 is 0 Å². The van der Waals surface area contributed by atoms with E-state index in [4.69, 9.17) is 4.74 Å². The normalized spacial score (nSPS) is 10.1. The predicted octanol–water partition coefficient (Wildman–Crippen LogP) is 6.23. The molecule has 0 aliphatic heterocycles. The summed E-state index contributed by atoms with van der Waals surface area (Å²) in [5.74, 6) is -0.345. The van der Waals surface area contributed by atoms with Crippen LogP contribution in [-0.2, 0) is 15.1 Å². The lowest BCUT2D eigenvalue weighted by Crippen LogP contribution is -2.24. The van der Waals surface area contributed by atoms with Crippen LogP contribution >= 0.6 is 0 Å². The van der Waals surface area contributed by atoms with E-state index in [0.29, 0.717) is 0 Å². The summed E-state index contributed by atoms with van der Waals surface area (Å²) in [6, 6.07) is 19.4. The van der Waals surface area contributed by atoms with Gasteiger partial charge in [0.25, 0.3) is 0 Å². The molecule has 2 nitrogen and oxygen atoms in total. The lowest BCUT2D eigenvalue weighted by molar-refractivity contribution is -0.151. The second-order valence-corrected chi connectivity index (χ2v) is 5.04. The molecule has 0 radical (unpaired) electrons. The van der Waals surface area contributed by atoms with E-state index < -0.39 is 5.60 Å². The van der Waals surface area contributed by atoms with Gasteiger partial charge in [0, 0.05) is 6.08 Å². The van der Waals surface area contributed by atoms with Crippen LogP contribution in [0.2, 0.25) is 0 Å². The van der Waals surface area contributed by atoms with Crippen molar-refractivity contribution in [3.63, 3.8) is 0 Å². The predicted molar refractivity (Wildman–Crippen MR) is 104 cm³/mol. The van der Waals surface area contributed by atoms with E-state index in [1.165, 1.54) is 6.08 Å². The molecule has 0 amide bonds. The standard InChI is InChI=1S/C18H18O2.2C2H6/c1-18(2,16-11-7-4-8-12-16)20-17(19)14-13-15-9-5-3-6-10-15;2*1-2/h3-14H,1-2H3;2*1-2H3/b14-13+;;. The van der Waals surface area contributed by atoms with Gasteiger partial charge in [0.2, 0.25) is 0 Å². The first kappa shape index (κ1) is 21.7. The molecule has 0 unspecified atom stereocenters. The van der Waals surface area contributed by atoms with E-state index >= 15 is 0 Å². The molecule has 2 aromatic carbocycles. The van der Waals surface area contributed by atoms with Gasteiger partial charge in [-0.25, -0.2) is 4.79 Å². The van der Waals surface area contributed by atoms with Gasteiger partial charge in [-0.3, -0.25) is 0 Å². The first-order chi connectivity index (χ1) is 11.6. The quantitative estimate of drug-likeness (QED) is 0.491. The third-order valence-electron chi connectivity index (χ3n) is 3.04. The van der Waals surface area contributed by atoms with E-state index in [2.05, 4.69) is 0 Å². The highest BCUT2D eigenvalue weighted by molar-refractivity contribution is 5.87. The van der Waals surface area contributed by atoms with Crippen molar-refractivity contribution in [2.24, 2.45) is 0 Å². The molecule has 0 saturated carbocycles. The summed E-state index contributed by atoms with van der Waals surface area (Å²) in [6.07, 6.45) is 3.21. The number of esters is 1. The van der Waals surface area contributed by atoms with Gasteiger partial charge < -0.3 is 4.74 Å². The van der Waals surface area contributed by atoms with Crippen molar-refractivity contribution >= 4 is 12.0 Å². The van der Waals surface area contributed by atoms with Gasteiger partial charge in [-0.15, -0.1) is 0 Å². The second-order valence-electron chi connectivity index (χ2n) is 5.04. The maximum Gasteiger partial charge on any atom is 0.331 e. The fourth-order valence-electron chi connectivity index (χ4n) is 1.91. The highest BCUT2D eigenvalue weighted by atomic mass is 16.6. The minimum absolute atomic E-state index is 0.345. The van der Waals surface area contributed by atoms with Crippen molar-refractivity contribution in [3.8, 4) is 0 Å². The summed E-state index contributed by atoms with van der Waals surface area (Å²) < 4.78 is 5.52. The first-order valence-corrected chi connectivity index (χ1v) is 8.59. The zero-order chi connectivity index (χ0) is 18.4. The molecule has 0 fully saturated rings. The summed E-state index contributed by atoms with van der Waals surface area (Å²) in [5.41, 5.74) is 1.31. The topological polar surface area (TPSA) is 26.3 Å². The zero-order valence-corrected chi connectivity index (χ0v) is 15.7. The molecule has 130 valence electrons.